The van der Waals surface area contributed by atoms with Gasteiger partial charge in [-0.3, -0.25) is 4.55 Å². The van der Waals surface area contributed by atoms with Gasteiger partial charge < -0.3 is 10.1 Å². The molecule has 2 heterocycles. The lowest BCUT2D eigenvalue weighted by molar-refractivity contribution is 0.0248. The van der Waals surface area contributed by atoms with Crippen molar-refractivity contribution < 1.29 is 17.7 Å². The van der Waals surface area contributed by atoms with Gasteiger partial charge in [0.05, 0.1) is 17.6 Å². The fraction of sp³-hybridized carbons (Fsp3) is 0.444. The molecule has 25 heavy (non-hydrogen) atoms. The SMILES string of the molecule is CNC[C@@H]1OCC2(CC2)c2sccc21.Cc1ccc(S(=O)(=O)O)cc1. The number of rotatable bonds is 3. The average molecular weight is 382 g/mol. The van der Waals surface area contributed by atoms with Crippen molar-refractivity contribution in [3.05, 3.63) is 51.7 Å². The fourth-order valence-corrected chi connectivity index (χ4v) is 4.69. The summed E-state index contributed by atoms with van der Waals surface area (Å²) in [6, 6.07) is 8.22. The van der Waals surface area contributed by atoms with Crippen LogP contribution in [-0.4, -0.2) is 33.2 Å². The van der Waals surface area contributed by atoms with Crippen molar-refractivity contribution in [1.82, 2.24) is 5.32 Å². The van der Waals surface area contributed by atoms with Gasteiger partial charge in [0.25, 0.3) is 10.1 Å². The molecule has 5 nitrogen and oxygen atoms in total. The Morgan fingerprint density at radius 3 is 2.52 bits per heavy atom. The number of ether oxygens (including phenoxy) is 1. The lowest BCUT2D eigenvalue weighted by atomic mass is 9.96. The van der Waals surface area contributed by atoms with Crippen molar-refractivity contribution in [1.29, 1.82) is 0 Å². The second-order valence-electron chi connectivity index (χ2n) is 6.63. The van der Waals surface area contributed by atoms with E-state index in [1.165, 1.54) is 30.5 Å². The number of benzene rings is 1. The second-order valence-corrected chi connectivity index (χ2v) is 8.97. The number of fused-ring (bicyclic) bond motifs is 2. The molecule has 0 saturated heterocycles. The molecule has 1 spiro atoms. The summed E-state index contributed by atoms with van der Waals surface area (Å²) >= 11 is 1.92. The largest absolute Gasteiger partial charge is 0.371 e. The molecule has 2 N–H and O–H groups in total. The molecule has 1 aliphatic carbocycles. The van der Waals surface area contributed by atoms with Gasteiger partial charge in [0, 0.05) is 16.8 Å². The normalized spacial score (nSPS) is 20.5. The Bertz CT molecular complexity index is 823. The van der Waals surface area contributed by atoms with Gasteiger partial charge in [-0.2, -0.15) is 8.42 Å². The van der Waals surface area contributed by atoms with Crippen LogP contribution < -0.4 is 5.32 Å². The summed E-state index contributed by atoms with van der Waals surface area (Å²) in [5, 5.41) is 5.41. The molecule has 1 atom stereocenters. The van der Waals surface area contributed by atoms with Crippen LogP contribution in [0, 0.1) is 6.92 Å². The summed E-state index contributed by atoms with van der Waals surface area (Å²) in [4.78, 5) is 1.53. The van der Waals surface area contributed by atoms with E-state index in [-0.39, 0.29) is 11.0 Å². The first-order valence-corrected chi connectivity index (χ1v) is 10.6. The van der Waals surface area contributed by atoms with Gasteiger partial charge in [-0.05, 0) is 56.0 Å². The summed E-state index contributed by atoms with van der Waals surface area (Å²) < 4.78 is 35.5. The van der Waals surface area contributed by atoms with E-state index in [4.69, 9.17) is 9.29 Å². The van der Waals surface area contributed by atoms with E-state index < -0.39 is 10.1 Å². The van der Waals surface area contributed by atoms with Gasteiger partial charge >= 0.3 is 0 Å². The van der Waals surface area contributed by atoms with Gasteiger partial charge in [0.1, 0.15) is 0 Å². The van der Waals surface area contributed by atoms with Gasteiger partial charge in [0.2, 0.25) is 0 Å². The smallest absolute Gasteiger partial charge is 0.294 e. The lowest BCUT2D eigenvalue weighted by Gasteiger charge is -2.29. The number of aryl methyl sites for hydroxylation is 1. The van der Waals surface area contributed by atoms with Crippen molar-refractivity contribution in [3.8, 4) is 0 Å². The van der Waals surface area contributed by atoms with Crippen molar-refractivity contribution in [2.24, 2.45) is 0 Å². The topological polar surface area (TPSA) is 75.6 Å². The summed E-state index contributed by atoms with van der Waals surface area (Å²) in [7, 11) is -2.04. The van der Waals surface area contributed by atoms with E-state index in [2.05, 4.69) is 16.8 Å². The molecule has 2 aromatic rings. The standard InChI is InChI=1S/C11H15NOS.C7H8O3S/c1-12-6-9-8-2-5-14-10(8)11(3-4-11)7-13-9;1-6-2-4-7(5-3-6)11(8,9)10/h2,5,9,12H,3-4,6-7H2,1H3;2-5H,1H3,(H,8,9,10)/t9-;/m0./s1. The summed E-state index contributed by atoms with van der Waals surface area (Å²) in [6.45, 7) is 3.71. The Labute approximate surface area is 152 Å². The highest BCUT2D eigenvalue weighted by molar-refractivity contribution is 7.85. The van der Waals surface area contributed by atoms with Crippen LogP contribution in [0.2, 0.25) is 0 Å². The van der Waals surface area contributed by atoms with Crippen molar-refractivity contribution in [2.75, 3.05) is 20.2 Å². The first kappa shape index (κ1) is 18.5. The summed E-state index contributed by atoms with van der Waals surface area (Å²) in [5.41, 5.74) is 2.83. The summed E-state index contributed by atoms with van der Waals surface area (Å²) in [5.74, 6) is 0. The van der Waals surface area contributed by atoms with E-state index >= 15 is 0 Å². The highest BCUT2D eigenvalue weighted by Crippen LogP contribution is 2.55. The van der Waals surface area contributed by atoms with Crippen LogP contribution in [0.4, 0.5) is 0 Å². The Hall–Kier alpha value is -1.25. The van der Waals surface area contributed by atoms with Crippen LogP contribution in [0.5, 0.6) is 0 Å². The molecular weight excluding hydrogens is 358 g/mol. The molecule has 1 aromatic carbocycles. The fourth-order valence-electron chi connectivity index (χ4n) is 3.01. The minimum absolute atomic E-state index is 0.0666. The monoisotopic (exact) mass is 381 g/mol. The number of hydrogen-bond acceptors (Lipinski definition) is 5. The van der Waals surface area contributed by atoms with E-state index in [9.17, 15) is 8.42 Å². The van der Waals surface area contributed by atoms with Crippen LogP contribution in [0.1, 0.15) is 34.9 Å². The maximum Gasteiger partial charge on any atom is 0.294 e. The quantitative estimate of drug-likeness (QED) is 0.798. The zero-order valence-corrected chi connectivity index (χ0v) is 16.0. The number of likely N-dealkylation sites (N-methyl/N-ethyl adjacent to an activating group) is 1. The van der Waals surface area contributed by atoms with Crippen LogP contribution in [0.25, 0.3) is 0 Å². The molecule has 1 aliphatic heterocycles. The molecule has 4 rings (SSSR count). The molecule has 0 unspecified atom stereocenters. The Morgan fingerprint density at radius 1 is 1.28 bits per heavy atom. The van der Waals surface area contributed by atoms with Gasteiger partial charge in [-0.15, -0.1) is 11.3 Å². The molecule has 2 aliphatic rings. The predicted molar refractivity (Wildman–Crippen MR) is 98.8 cm³/mol. The third kappa shape index (κ3) is 4.12. The third-order valence-electron chi connectivity index (χ3n) is 4.65. The zero-order chi connectivity index (χ0) is 18.1. The predicted octanol–water partition coefficient (Wildman–Crippen LogP) is 3.31. The molecule has 1 saturated carbocycles. The van der Waals surface area contributed by atoms with Crippen LogP contribution in [0.3, 0.4) is 0 Å². The van der Waals surface area contributed by atoms with Crippen LogP contribution in [0.15, 0.2) is 40.6 Å². The summed E-state index contributed by atoms with van der Waals surface area (Å²) in [6.07, 6.45) is 2.94. The minimum atomic E-state index is -4.02. The van der Waals surface area contributed by atoms with Crippen LogP contribution >= 0.6 is 11.3 Å². The van der Waals surface area contributed by atoms with Crippen LogP contribution in [-0.2, 0) is 20.3 Å². The van der Waals surface area contributed by atoms with Crippen molar-refractivity contribution >= 4 is 21.5 Å². The van der Waals surface area contributed by atoms with E-state index in [0.29, 0.717) is 5.41 Å². The average Bonchev–Trinajstić information content (AvgIpc) is 3.15. The van der Waals surface area contributed by atoms with E-state index in [1.54, 1.807) is 17.0 Å². The maximum absolute atomic E-state index is 10.5. The molecule has 0 radical (unpaired) electrons. The number of hydrogen-bond donors (Lipinski definition) is 2. The van der Waals surface area contributed by atoms with E-state index in [0.717, 1.165) is 18.7 Å². The molecule has 136 valence electrons. The Morgan fingerprint density at radius 2 is 1.96 bits per heavy atom. The van der Waals surface area contributed by atoms with Crippen molar-refractivity contribution in [2.45, 2.75) is 36.2 Å². The third-order valence-corrected chi connectivity index (χ3v) is 6.69. The number of nitrogens with one attached hydrogen (secondary N) is 1. The molecule has 1 aromatic heterocycles. The first-order valence-electron chi connectivity index (χ1n) is 8.24. The highest BCUT2D eigenvalue weighted by Gasteiger charge is 2.50. The van der Waals surface area contributed by atoms with Gasteiger partial charge in [-0.25, -0.2) is 0 Å². The zero-order valence-electron chi connectivity index (χ0n) is 14.4. The number of thiophene rings is 1. The second kappa shape index (κ2) is 7.17. The maximum atomic E-state index is 10.5. The molecule has 7 heteroatoms. The van der Waals surface area contributed by atoms with Gasteiger partial charge in [-0.1, -0.05) is 17.7 Å². The van der Waals surface area contributed by atoms with Crippen molar-refractivity contribution in [3.63, 3.8) is 0 Å². The Kier molecular flexibility index (Phi) is 5.31. The lowest BCUT2D eigenvalue weighted by Crippen LogP contribution is -2.29. The molecular formula is C18H23NO4S2. The Balaban J connectivity index is 0.000000151. The molecule has 0 amide bonds. The minimum Gasteiger partial charge on any atom is -0.371 e. The highest BCUT2D eigenvalue weighted by atomic mass is 32.2. The van der Waals surface area contributed by atoms with E-state index in [1.807, 2.05) is 25.3 Å². The van der Waals surface area contributed by atoms with Gasteiger partial charge in [0.15, 0.2) is 0 Å². The first-order chi connectivity index (χ1) is 11.9. The molecule has 1 fully saturated rings. The molecule has 0 bridgehead atoms.